The average molecular weight is 253 g/mol. The summed E-state index contributed by atoms with van der Waals surface area (Å²) < 4.78 is 0. The number of aromatic amines is 1. The van der Waals surface area contributed by atoms with Crippen LogP contribution in [0.4, 0.5) is 5.82 Å². The number of anilines is 1. The molecule has 0 aliphatic heterocycles. The first-order chi connectivity index (χ1) is 9.43. The molecular weight excluding hydrogens is 238 g/mol. The zero-order valence-corrected chi connectivity index (χ0v) is 10.5. The maximum Gasteiger partial charge on any atom is 0.156 e. The minimum absolute atomic E-state index is 0.845. The van der Waals surface area contributed by atoms with Crippen molar-refractivity contribution in [1.82, 2.24) is 20.2 Å². The van der Waals surface area contributed by atoms with Gasteiger partial charge in [-0.25, -0.2) is 4.98 Å². The van der Waals surface area contributed by atoms with Gasteiger partial charge in [0.25, 0.3) is 0 Å². The van der Waals surface area contributed by atoms with E-state index in [2.05, 4.69) is 31.5 Å². The third-order valence-electron chi connectivity index (χ3n) is 3.01. The Hall–Kier alpha value is -2.43. The molecule has 3 aromatic rings. The Morgan fingerprint density at radius 3 is 3.05 bits per heavy atom. The molecule has 2 N–H and O–H groups in total. The molecular formula is C14H15N5. The van der Waals surface area contributed by atoms with Crippen LogP contribution in [0.15, 0.2) is 42.9 Å². The molecule has 19 heavy (non-hydrogen) atoms. The van der Waals surface area contributed by atoms with E-state index in [-0.39, 0.29) is 0 Å². The van der Waals surface area contributed by atoms with Gasteiger partial charge in [0, 0.05) is 36.1 Å². The van der Waals surface area contributed by atoms with Crippen LogP contribution in [0.25, 0.3) is 10.8 Å². The predicted octanol–water partition coefficient (Wildman–Crippen LogP) is 2.40. The molecule has 2 heterocycles. The van der Waals surface area contributed by atoms with E-state index >= 15 is 0 Å². The van der Waals surface area contributed by atoms with Crippen LogP contribution < -0.4 is 5.32 Å². The van der Waals surface area contributed by atoms with Crippen molar-refractivity contribution in [3.8, 4) is 0 Å². The molecule has 96 valence electrons. The Labute approximate surface area is 111 Å². The van der Waals surface area contributed by atoms with E-state index in [9.17, 15) is 0 Å². The molecule has 0 saturated carbocycles. The number of H-pyrrole nitrogens is 1. The van der Waals surface area contributed by atoms with Crippen molar-refractivity contribution in [2.75, 3.05) is 11.9 Å². The number of hydrogen-bond acceptors (Lipinski definition) is 4. The van der Waals surface area contributed by atoms with Crippen LogP contribution in [-0.4, -0.2) is 26.7 Å². The fraction of sp³-hybridized carbons (Fsp3) is 0.214. The zero-order chi connectivity index (χ0) is 12.9. The van der Waals surface area contributed by atoms with Crippen LogP contribution in [0.1, 0.15) is 12.2 Å². The highest BCUT2D eigenvalue weighted by molar-refractivity contribution is 5.90. The molecule has 2 aromatic heterocycles. The molecule has 0 unspecified atom stereocenters. The second-order valence-corrected chi connectivity index (χ2v) is 4.35. The van der Waals surface area contributed by atoms with Crippen molar-refractivity contribution < 1.29 is 0 Å². The van der Waals surface area contributed by atoms with E-state index in [0.717, 1.165) is 41.8 Å². The van der Waals surface area contributed by atoms with Crippen molar-refractivity contribution in [2.24, 2.45) is 0 Å². The number of fused-ring (bicyclic) bond motifs is 1. The van der Waals surface area contributed by atoms with Gasteiger partial charge in [0.15, 0.2) is 5.82 Å². The SMILES string of the molecule is c1ccc2c(NCCCc3ncc[nH]3)nncc2c1. The molecule has 0 fully saturated rings. The number of nitrogens with one attached hydrogen (secondary N) is 2. The van der Waals surface area contributed by atoms with E-state index < -0.39 is 0 Å². The highest BCUT2D eigenvalue weighted by Gasteiger charge is 2.02. The Morgan fingerprint density at radius 1 is 1.21 bits per heavy atom. The molecule has 0 spiro atoms. The third kappa shape index (κ3) is 2.70. The third-order valence-corrected chi connectivity index (χ3v) is 3.01. The minimum Gasteiger partial charge on any atom is -0.368 e. The molecule has 5 heteroatoms. The number of rotatable bonds is 5. The molecule has 0 bridgehead atoms. The van der Waals surface area contributed by atoms with Gasteiger partial charge in [-0.1, -0.05) is 24.3 Å². The Morgan fingerprint density at radius 2 is 2.16 bits per heavy atom. The summed E-state index contributed by atoms with van der Waals surface area (Å²) in [6.07, 6.45) is 7.33. The van der Waals surface area contributed by atoms with Crippen LogP contribution in [0.2, 0.25) is 0 Å². The Kier molecular flexibility index (Phi) is 3.36. The van der Waals surface area contributed by atoms with Gasteiger partial charge in [0.2, 0.25) is 0 Å². The van der Waals surface area contributed by atoms with Crippen LogP contribution in [0, 0.1) is 0 Å². The van der Waals surface area contributed by atoms with Crippen LogP contribution >= 0.6 is 0 Å². The van der Waals surface area contributed by atoms with Gasteiger partial charge in [0.1, 0.15) is 5.82 Å². The van der Waals surface area contributed by atoms with Gasteiger partial charge < -0.3 is 10.3 Å². The minimum atomic E-state index is 0.845. The lowest BCUT2D eigenvalue weighted by molar-refractivity contribution is 0.812. The normalized spacial score (nSPS) is 10.7. The number of benzene rings is 1. The number of aromatic nitrogens is 4. The summed E-state index contributed by atoms with van der Waals surface area (Å²) in [5.74, 6) is 1.86. The van der Waals surface area contributed by atoms with Crippen LogP contribution in [0.5, 0.6) is 0 Å². The second-order valence-electron chi connectivity index (χ2n) is 4.35. The topological polar surface area (TPSA) is 66.5 Å². The van der Waals surface area contributed by atoms with E-state index in [4.69, 9.17) is 0 Å². The highest BCUT2D eigenvalue weighted by atomic mass is 15.2. The monoisotopic (exact) mass is 253 g/mol. The van der Waals surface area contributed by atoms with Gasteiger partial charge in [-0.2, -0.15) is 5.10 Å². The first-order valence-corrected chi connectivity index (χ1v) is 6.36. The largest absolute Gasteiger partial charge is 0.368 e. The molecule has 3 rings (SSSR count). The first-order valence-electron chi connectivity index (χ1n) is 6.36. The van der Waals surface area contributed by atoms with Gasteiger partial charge in [0.05, 0.1) is 6.20 Å². The smallest absolute Gasteiger partial charge is 0.156 e. The van der Waals surface area contributed by atoms with E-state index in [1.807, 2.05) is 24.4 Å². The fourth-order valence-corrected chi connectivity index (χ4v) is 2.06. The quantitative estimate of drug-likeness (QED) is 0.685. The number of hydrogen-bond donors (Lipinski definition) is 2. The lowest BCUT2D eigenvalue weighted by Gasteiger charge is -2.07. The number of nitrogens with zero attached hydrogens (tertiary/aromatic N) is 3. The van der Waals surface area contributed by atoms with Crippen LogP contribution in [0.3, 0.4) is 0 Å². The summed E-state index contributed by atoms with van der Waals surface area (Å²) in [6, 6.07) is 8.11. The van der Waals surface area contributed by atoms with Gasteiger partial charge in [-0.05, 0) is 6.42 Å². The Bertz CT molecular complexity index is 643. The lowest BCUT2D eigenvalue weighted by Crippen LogP contribution is -2.06. The number of aryl methyl sites for hydroxylation is 1. The van der Waals surface area contributed by atoms with Gasteiger partial charge in [-0.3, -0.25) is 0 Å². The lowest BCUT2D eigenvalue weighted by atomic mass is 10.2. The summed E-state index contributed by atoms with van der Waals surface area (Å²) in [5.41, 5.74) is 0. The Balaban J connectivity index is 1.62. The van der Waals surface area contributed by atoms with Crippen molar-refractivity contribution in [3.63, 3.8) is 0 Å². The van der Waals surface area contributed by atoms with Crippen molar-refractivity contribution in [3.05, 3.63) is 48.7 Å². The number of imidazole rings is 1. The summed E-state index contributed by atoms with van der Waals surface area (Å²) in [6.45, 7) is 0.851. The average Bonchev–Trinajstić information content (AvgIpc) is 2.97. The molecule has 0 aliphatic carbocycles. The van der Waals surface area contributed by atoms with Crippen molar-refractivity contribution >= 4 is 16.6 Å². The summed E-state index contributed by atoms with van der Waals surface area (Å²) >= 11 is 0. The molecule has 1 aromatic carbocycles. The molecule has 0 amide bonds. The van der Waals surface area contributed by atoms with Gasteiger partial charge >= 0.3 is 0 Å². The van der Waals surface area contributed by atoms with E-state index in [1.54, 1.807) is 12.4 Å². The maximum atomic E-state index is 4.20. The molecule has 0 saturated heterocycles. The van der Waals surface area contributed by atoms with Crippen molar-refractivity contribution in [1.29, 1.82) is 0 Å². The van der Waals surface area contributed by atoms with Gasteiger partial charge in [-0.15, -0.1) is 5.10 Å². The zero-order valence-electron chi connectivity index (χ0n) is 10.5. The first kappa shape index (κ1) is 11.6. The van der Waals surface area contributed by atoms with E-state index in [0.29, 0.717) is 0 Å². The maximum absolute atomic E-state index is 4.20. The molecule has 0 radical (unpaired) electrons. The molecule has 0 atom stereocenters. The summed E-state index contributed by atoms with van der Waals surface area (Å²) in [5, 5.41) is 13.7. The summed E-state index contributed by atoms with van der Waals surface area (Å²) in [7, 11) is 0. The highest BCUT2D eigenvalue weighted by Crippen LogP contribution is 2.18. The molecule has 5 nitrogen and oxygen atoms in total. The van der Waals surface area contributed by atoms with Crippen LogP contribution in [-0.2, 0) is 6.42 Å². The summed E-state index contributed by atoms with van der Waals surface area (Å²) in [4.78, 5) is 7.30. The predicted molar refractivity (Wildman–Crippen MR) is 74.9 cm³/mol. The van der Waals surface area contributed by atoms with E-state index in [1.165, 1.54) is 0 Å². The fourth-order valence-electron chi connectivity index (χ4n) is 2.06. The molecule has 0 aliphatic rings. The standard InChI is InChI=1S/C14H15N5/c1-2-5-12-11(4-1)10-18-19-14(12)17-7-3-6-13-15-8-9-16-13/h1-2,4-5,8-10H,3,6-7H2,(H,15,16)(H,17,19). The van der Waals surface area contributed by atoms with Crippen molar-refractivity contribution in [2.45, 2.75) is 12.8 Å². The second kappa shape index (κ2) is 5.48.